The van der Waals surface area contributed by atoms with Crippen molar-refractivity contribution in [2.45, 2.75) is 35.4 Å². The van der Waals surface area contributed by atoms with Crippen LogP contribution in [0.15, 0.2) is 40.1 Å². The number of carbonyl (C=O) groups is 3. The molecule has 42 heavy (non-hydrogen) atoms. The molecule has 0 spiro atoms. The van der Waals surface area contributed by atoms with Gasteiger partial charge in [0, 0.05) is 22.1 Å². The Hall–Kier alpha value is -3.15. The van der Waals surface area contributed by atoms with E-state index in [1.807, 2.05) is 0 Å². The highest BCUT2D eigenvalue weighted by Gasteiger charge is 2.37. The zero-order chi connectivity index (χ0) is 31.5. The van der Waals surface area contributed by atoms with Gasteiger partial charge in [-0.1, -0.05) is 56.1 Å². The van der Waals surface area contributed by atoms with Gasteiger partial charge in [0.05, 0.1) is 28.2 Å². The summed E-state index contributed by atoms with van der Waals surface area (Å²) in [5, 5.41) is 5.67. The summed E-state index contributed by atoms with van der Waals surface area (Å²) in [4.78, 5) is 37.8. The predicted octanol–water partition coefficient (Wildman–Crippen LogP) is 4.30. The third-order valence-electron chi connectivity index (χ3n) is 6.84. The van der Waals surface area contributed by atoms with Gasteiger partial charge in [-0.2, -0.15) is 16.8 Å². The Morgan fingerprint density at radius 2 is 1.43 bits per heavy atom. The summed E-state index contributed by atoms with van der Waals surface area (Å²) in [6, 6.07) is 6.67. The zero-order valence-electron chi connectivity index (χ0n) is 22.1. The predicted molar refractivity (Wildman–Crippen MR) is 163 cm³/mol. The van der Waals surface area contributed by atoms with Crippen LogP contribution in [0.5, 0.6) is 0 Å². The van der Waals surface area contributed by atoms with E-state index in [0.29, 0.717) is 0 Å². The van der Waals surface area contributed by atoms with Gasteiger partial charge in [-0.15, -0.1) is 0 Å². The number of amides is 1. The number of ketones is 2. The molecule has 1 aliphatic carbocycles. The molecule has 1 unspecified atom stereocenters. The first kappa shape index (κ1) is 31.8. The lowest BCUT2D eigenvalue weighted by Crippen LogP contribution is -2.26. The SMILES string of the molecule is Cc1c(NC(=O)C(Br)CBr)c(C)c(S(=O)(=O)O)c(C)c1Nc1cc(S(=O)(=O)O)c(N)c2c1C(=O)c1ccccc1C2=O. The second-order valence-electron chi connectivity index (χ2n) is 9.43. The first-order valence-corrected chi connectivity index (χ1v) is 16.8. The largest absolute Gasteiger partial charge is 0.397 e. The van der Waals surface area contributed by atoms with Crippen LogP contribution >= 0.6 is 31.9 Å². The molecule has 0 radical (unpaired) electrons. The van der Waals surface area contributed by atoms with E-state index in [1.54, 1.807) is 0 Å². The van der Waals surface area contributed by atoms with Gasteiger partial charge in [0.1, 0.15) is 14.6 Å². The van der Waals surface area contributed by atoms with Gasteiger partial charge in [-0.3, -0.25) is 23.5 Å². The van der Waals surface area contributed by atoms with Crippen LogP contribution in [0, 0.1) is 20.8 Å². The van der Waals surface area contributed by atoms with Crippen LogP contribution in [0.1, 0.15) is 48.5 Å². The van der Waals surface area contributed by atoms with E-state index in [9.17, 15) is 40.3 Å². The van der Waals surface area contributed by atoms with Crippen LogP contribution in [-0.4, -0.2) is 53.6 Å². The highest BCUT2D eigenvalue weighted by molar-refractivity contribution is 9.12. The highest BCUT2D eigenvalue weighted by atomic mass is 79.9. The van der Waals surface area contributed by atoms with Crippen molar-refractivity contribution in [1.82, 2.24) is 0 Å². The average molecular weight is 745 g/mol. The molecule has 1 aliphatic rings. The Kier molecular flexibility index (Phi) is 8.45. The quantitative estimate of drug-likeness (QED) is 0.102. The molecule has 0 bridgehead atoms. The molecule has 6 N–H and O–H groups in total. The number of rotatable bonds is 7. The second kappa shape index (κ2) is 11.2. The number of alkyl halides is 2. The van der Waals surface area contributed by atoms with E-state index >= 15 is 0 Å². The Bertz CT molecular complexity index is 1940. The number of benzene rings is 3. The van der Waals surface area contributed by atoms with E-state index in [4.69, 9.17) is 5.73 Å². The van der Waals surface area contributed by atoms with Crippen molar-refractivity contribution < 1.29 is 40.3 Å². The number of halogens is 2. The molecule has 222 valence electrons. The molecule has 3 aromatic rings. The number of nitrogen functional groups attached to an aromatic ring is 1. The number of nitrogens with two attached hydrogens (primary N) is 1. The number of nitrogens with one attached hydrogen (secondary N) is 2. The van der Waals surface area contributed by atoms with Crippen molar-refractivity contribution in [3.05, 3.63) is 69.3 Å². The molecule has 0 fully saturated rings. The molecule has 1 atom stereocenters. The van der Waals surface area contributed by atoms with E-state index in [1.165, 1.54) is 45.0 Å². The van der Waals surface area contributed by atoms with Crippen molar-refractivity contribution in [3.63, 3.8) is 0 Å². The molecule has 0 aliphatic heterocycles. The van der Waals surface area contributed by atoms with E-state index in [0.717, 1.165) is 6.07 Å². The Labute approximate surface area is 257 Å². The smallest absolute Gasteiger partial charge is 0.296 e. The van der Waals surface area contributed by atoms with Crippen LogP contribution in [0.4, 0.5) is 22.7 Å². The van der Waals surface area contributed by atoms with Crippen molar-refractivity contribution in [3.8, 4) is 0 Å². The van der Waals surface area contributed by atoms with Crippen LogP contribution in [0.3, 0.4) is 0 Å². The normalized spacial score (nSPS) is 13.8. The minimum Gasteiger partial charge on any atom is -0.397 e. The monoisotopic (exact) mass is 743 g/mol. The first-order chi connectivity index (χ1) is 19.4. The summed E-state index contributed by atoms with van der Waals surface area (Å²) in [7, 11) is -9.91. The van der Waals surface area contributed by atoms with Gasteiger partial charge in [0.25, 0.3) is 20.2 Å². The molecule has 0 heterocycles. The number of hydrogen-bond acceptors (Lipinski definition) is 9. The highest BCUT2D eigenvalue weighted by Crippen LogP contribution is 2.43. The third kappa shape index (κ3) is 5.38. The summed E-state index contributed by atoms with van der Waals surface area (Å²) in [6.45, 7) is 4.23. The maximum atomic E-state index is 13.7. The van der Waals surface area contributed by atoms with Gasteiger partial charge in [-0.25, -0.2) is 0 Å². The van der Waals surface area contributed by atoms with Crippen LogP contribution in [0.25, 0.3) is 0 Å². The molecule has 0 aromatic heterocycles. The molecule has 12 nitrogen and oxygen atoms in total. The third-order valence-corrected chi connectivity index (χ3v) is 11.1. The van der Waals surface area contributed by atoms with E-state index in [2.05, 4.69) is 42.5 Å². The maximum Gasteiger partial charge on any atom is 0.296 e. The standard InChI is InChI=1S/C26H23Br2N3O9S2/c1-10-21(11(2)25(42(38,39)40)12(3)22(10)31-26(34)15(28)9-27)30-16-8-17(41(35,36)37)20(29)19-18(16)23(32)13-6-4-5-7-14(13)24(19)33/h4-8,15,30H,9,29H2,1-3H3,(H,31,34)(H,35,36,37)(H,38,39,40). The Balaban J connectivity index is 2.08. The van der Waals surface area contributed by atoms with Crippen molar-refractivity contribution >= 4 is 92.3 Å². The molecular weight excluding hydrogens is 722 g/mol. The minimum atomic E-state index is -5.03. The molecular formula is C26H23Br2N3O9S2. The summed E-state index contributed by atoms with van der Waals surface area (Å²) >= 11 is 6.36. The van der Waals surface area contributed by atoms with Crippen LogP contribution < -0.4 is 16.4 Å². The van der Waals surface area contributed by atoms with Crippen molar-refractivity contribution in [1.29, 1.82) is 0 Å². The first-order valence-electron chi connectivity index (χ1n) is 11.9. The summed E-state index contributed by atoms with van der Waals surface area (Å²) in [6.07, 6.45) is 0. The van der Waals surface area contributed by atoms with E-state index < -0.39 is 63.6 Å². The maximum absolute atomic E-state index is 13.7. The second-order valence-corrected chi connectivity index (χ2v) is 13.9. The van der Waals surface area contributed by atoms with Crippen molar-refractivity contribution in [2.24, 2.45) is 0 Å². The van der Waals surface area contributed by atoms with Gasteiger partial charge >= 0.3 is 0 Å². The summed E-state index contributed by atoms with van der Waals surface area (Å²) < 4.78 is 69.6. The summed E-state index contributed by atoms with van der Waals surface area (Å²) in [5.41, 5.74) is 4.47. The Morgan fingerprint density at radius 1 is 0.905 bits per heavy atom. The topological polar surface area (TPSA) is 210 Å². The lowest BCUT2D eigenvalue weighted by atomic mass is 9.82. The zero-order valence-corrected chi connectivity index (χ0v) is 26.9. The number of fused-ring (bicyclic) bond motifs is 2. The fraction of sp³-hybridized carbons (Fsp3) is 0.192. The van der Waals surface area contributed by atoms with Gasteiger partial charge in [0.2, 0.25) is 5.91 Å². The molecule has 0 saturated carbocycles. The molecule has 0 saturated heterocycles. The fourth-order valence-corrected chi connectivity index (χ4v) is 7.00. The lowest BCUT2D eigenvalue weighted by Gasteiger charge is -2.26. The minimum absolute atomic E-state index is 0.0122. The average Bonchev–Trinajstić information content (AvgIpc) is 2.90. The van der Waals surface area contributed by atoms with Crippen molar-refractivity contribution in [2.75, 3.05) is 21.7 Å². The number of hydrogen-bond donors (Lipinski definition) is 5. The van der Waals surface area contributed by atoms with E-state index in [-0.39, 0.29) is 55.8 Å². The lowest BCUT2D eigenvalue weighted by molar-refractivity contribution is -0.115. The Morgan fingerprint density at radius 3 is 1.93 bits per heavy atom. The molecule has 1 amide bonds. The molecule has 4 rings (SSSR count). The summed E-state index contributed by atoms with van der Waals surface area (Å²) in [5.74, 6) is -2.01. The van der Waals surface area contributed by atoms with Gasteiger partial charge in [0.15, 0.2) is 11.6 Å². The number of carbonyl (C=O) groups excluding carboxylic acids is 3. The van der Waals surface area contributed by atoms with Crippen LogP contribution in [0.2, 0.25) is 0 Å². The van der Waals surface area contributed by atoms with Crippen LogP contribution in [-0.2, 0) is 25.0 Å². The molecule has 3 aromatic carbocycles. The fourth-order valence-electron chi connectivity index (χ4n) is 4.97. The number of anilines is 4. The van der Waals surface area contributed by atoms with Gasteiger partial charge < -0.3 is 16.4 Å². The van der Waals surface area contributed by atoms with Gasteiger partial charge in [-0.05, 0) is 43.5 Å². The molecule has 16 heteroatoms.